The van der Waals surface area contributed by atoms with Gasteiger partial charge in [0.05, 0.1) is 6.54 Å². The lowest BCUT2D eigenvalue weighted by Gasteiger charge is -2.44. The molecule has 0 spiro atoms. The highest BCUT2D eigenvalue weighted by molar-refractivity contribution is 6.04. The highest BCUT2D eigenvalue weighted by Crippen LogP contribution is 2.40. The number of hydrogen-bond donors (Lipinski definition) is 1. The van der Waals surface area contributed by atoms with Gasteiger partial charge >= 0.3 is 0 Å². The molecule has 2 fully saturated rings. The lowest BCUT2D eigenvalue weighted by atomic mass is 9.93. The van der Waals surface area contributed by atoms with Gasteiger partial charge < -0.3 is 14.8 Å². The van der Waals surface area contributed by atoms with Crippen LogP contribution in [0.25, 0.3) is 10.9 Å². The smallest absolute Gasteiger partial charge is 0.271 e. The minimum absolute atomic E-state index is 0.000906. The van der Waals surface area contributed by atoms with Crippen molar-refractivity contribution >= 4 is 22.7 Å². The molecule has 5 heteroatoms. The van der Waals surface area contributed by atoms with Crippen LogP contribution in [0.15, 0.2) is 30.3 Å². The molecular weight excluding hydrogens is 326 g/mol. The second-order valence-electron chi connectivity index (χ2n) is 8.31. The molecule has 1 aromatic carbocycles. The predicted octanol–water partition coefficient (Wildman–Crippen LogP) is 3.08. The zero-order valence-electron chi connectivity index (χ0n) is 15.2. The van der Waals surface area contributed by atoms with E-state index in [1.807, 2.05) is 46.7 Å². The molecule has 0 radical (unpaired) electrons. The Morgan fingerprint density at radius 1 is 1.15 bits per heavy atom. The zero-order valence-corrected chi connectivity index (χ0v) is 15.2. The fourth-order valence-electron chi connectivity index (χ4n) is 4.78. The number of amides is 2. The number of carbonyl (C=O) groups is 2. The first-order valence-electron chi connectivity index (χ1n) is 9.81. The third-order valence-corrected chi connectivity index (χ3v) is 6.34. The topological polar surface area (TPSA) is 54.3 Å². The standard InChI is InChI=1S/C21H25N3O2/c1-21(20(26)22-15-7-3-4-8-15)13-23-17-9-5-2-6-14(17)12-18(23)19(25)24(21)16-10-11-16/h2,5-6,9,12,15-16H,3-4,7-8,10-11,13H2,1H3,(H,22,26)/t21-/m1/s1. The van der Waals surface area contributed by atoms with Crippen molar-refractivity contribution in [2.75, 3.05) is 0 Å². The number of rotatable bonds is 3. The molecular formula is C21H25N3O2. The van der Waals surface area contributed by atoms with E-state index in [1.54, 1.807) is 0 Å². The Balaban J connectivity index is 1.57. The maximum absolute atomic E-state index is 13.4. The van der Waals surface area contributed by atoms with Crippen molar-refractivity contribution in [2.24, 2.45) is 0 Å². The lowest BCUT2D eigenvalue weighted by molar-refractivity contribution is -0.133. The summed E-state index contributed by atoms with van der Waals surface area (Å²) in [6, 6.07) is 10.5. The summed E-state index contributed by atoms with van der Waals surface area (Å²) in [7, 11) is 0. The summed E-state index contributed by atoms with van der Waals surface area (Å²) in [4.78, 5) is 28.5. The Morgan fingerprint density at radius 3 is 2.62 bits per heavy atom. The van der Waals surface area contributed by atoms with E-state index < -0.39 is 5.54 Å². The molecule has 2 saturated carbocycles. The molecule has 136 valence electrons. The highest BCUT2D eigenvalue weighted by Gasteiger charge is 2.53. The summed E-state index contributed by atoms with van der Waals surface area (Å²) in [6.07, 6.45) is 6.46. The van der Waals surface area contributed by atoms with Gasteiger partial charge in [0, 0.05) is 23.0 Å². The van der Waals surface area contributed by atoms with E-state index >= 15 is 0 Å². The number of nitrogens with one attached hydrogen (secondary N) is 1. The zero-order chi connectivity index (χ0) is 17.9. The molecule has 1 atom stereocenters. The van der Waals surface area contributed by atoms with Gasteiger partial charge in [-0.1, -0.05) is 31.0 Å². The predicted molar refractivity (Wildman–Crippen MR) is 99.9 cm³/mol. The van der Waals surface area contributed by atoms with E-state index in [-0.39, 0.29) is 23.9 Å². The first-order valence-corrected chi connectivity index (χ1v) is 9.81. The van der Waals surface area contributed by atoms with Gasteiger partial charge in [0.25, 0.3) is 5.91 Å². The van der Waals surface area contributed by atoms with Crippen LogP contribution in [0.2, 0.25) is 0 Å². The molecule has 1 aliphatic heterocycles. The summed E-state index contributed by atoms with van der Waals surface area (Å²) in [5, 5.41) is 4.31. The van der Waals surface area contributed by atoms with Crippen molar-refractivity contribution in [3.8, 4) is 0 Å². The van der Waals surface area contributed by atoms with Crippen LogP contribution in [0.4, 0.5) is 0 Å². The van der Waals surface area contributed by atoms with E-state index in [1.165, 1.54) is 12.8 Å². The first kappa shape index (κ1) is 15.9. The van der Waals surface area contributed by atoms with E-state index in [0.717, 1.165) is 36.6 Å². The molecule has 2 aromatic rings. The summed E-state index contributed by atoms with van der Waals surface area (Å²) < 4.78 is 2.05. The molecule has 1 aromatic heterocycles. The first-order chi connectivity index (χ1) is 12.6. The lowest BCUT2D eigenvalue weighted by Crippen LogP contribution is -2.65. The number of benzene rings is 1. The van der Waals surface area contributed by atoms with Crippen LogP contribution in [0, 0.1) is 0 Å². The van der Waals surface area contributed by atoms with Gasteiger partial charge in [0.15, 0.2) is 0 Å². The maximum Gasteiger partial charge on any atom is 0.271 e. The SMILES string of the molecule is C[C@]1(C(=O)NC2CCCC2)Cn2c(cc3ccccc32)C(=O)N1C1CC1. The van der Waals surface area contributed by atoms with Crippen molar-refractivity contribution < 1.29 is 9.59 Å². The number of aromatic nitrogens is 1. The number of para-hydroxylation sites is 1. The third-order valence-electron chi connectivity index (χ3n) is 6.34. The van der Waals surface area contributed by atoms with Crippen LogP contribution in [-0.4, -0.2) is 38.9 Å². The fourth-order valence-corrected chi connectivity index (χ4v) is 4.78. The number of nitrogens with zero attached hydrogens (tertiary/aromatic N) is 2. The van der Waals surface area contributed by atoms with Crippen molar-refractivity contribution in [1.82, 2.24) is 14.8 Å². The van der Waals surface area contributed by atoms with Crippen LogP contribution in [0.5, 0.6) is 0 Å². The number of hydrogen-bond acceptors (Lipinski definition) is 2. The molecule has 2 heterocycles. The Bertz CT molecular complexity index is 892. The Hall–Kier alpha value is -2.30. The van der Waals surface area contributed by atoms with Crippen LogP contribution in [0.3, 0.4) is 0 Å². The molecule has 5 rings (SSSR count). The summed E-state index contributed by atoms with van der Waals surface area (Å²) in [5.74, 6) is 0.00658. The van der Waals surface area contributed by atoms with Crippen LogP contribution >= 0.6 is 0 Å². The molecule has 3 aliphatic rings. The van der Waals surface area contributed by atoms with Crippen LogP contribution < -0.4 is 5.32 Å². The van der Waals surface area contributed by atoms with Crippen molar-refractivity contribution in [3.63, 3.8) is 0 Å². The maximum atomic E-state index is 13.4. The van der Waals surface area contributed by atoms with Gasteiger partial charge in [-0.2, -0.15) is 0 Å². The number of fused-ring (bicyclic) bond motifs is 3. The molecule has 2 aliphatic carbocycles. The van der Waals surface area contributed by atoms with Gasteiger partial charge in [0.1, 0.15) is 11.2 Å². The molecule has 0 saturated heterocycles. The molecule has 1 N–H and O–H groups in total. The normalized spacial score (nSPS) is 26.3. The van der Waals surface area contributed by atoms with Crippen molar-refractivity contribution in [1.29, 1.82) is 0 Å². The van der Waals surface area contributed by atoms with E-state index in [9.17, 15) is 9.59 Å². The second-order valence-corrected chi connectivity index (χ2v) is 8.31. The molecule has 5 nitrogen and oxygen atoms in total. The molecule has 0 bridgehead atoms. The Labute approximate surface area is 153 Å². The van der Waals surface area contributed by atoms with Gasteiger partial charge in [-0.05, 0) is 44.7 Å². The summed E-state index contributed by atoms with van der Waals surface area (Å²) >= 11 is 0. The summed E-state index contributed by atoms with van der Waals surface area (Å²) in [5.41, 5.74) is 0.922. The molecule has 0 unspecified atom stereocenters. The van der Waals surface area contributed by atoms with Crippen LogP contribution in [0.1, 0.15) is 55.9 Å². The van der Waals surface area contributed by atoms with E-state index in [4.69, 9.17) is 0 Å². The third kappa shape index (κ3) is 2.29. The Morgan fingerprint density at radius 2 is 1.88 bits per heavy atom. The highest BCUT2D eigenvalue weighted by atomic mass is 16.2. The van der Waals surface area contributed by atoms with Gasteiger partial charge in [-0.3, -0.25) is 9.59 Å². The minimum Gasteiger partial charge on any atom is -0.351 e. The fraction of sp³-hybridized carbons (Fsp3) is 0.524. The largest absolute Gasteiger partial charge is 0.351 e. The number of carbonyl (C=O) groups excluding carboxylic acids is 2. The van der Waals surface area contributed by atoms with Crippen molar-refractivity contribution in [3.05, 3.63) is 36.0 Å². The Kier molecular flexibility index (Phi) is 3.43. The van der Waals surface area contributed by atoms with Gasteiger partial charge in [0.2, 0.25) is 5.91 Å². The molecule has 2 amide bonds. The average Bonchev–Trinajstić information content (AvgIpc) is 3.18. The van der Waals surface area contributed by atoms with Crippen molar-refractivity contribution in [2.45, 2.75) is 69.6 Å². The minimum atomic E-state index is -0.824. The monoisotopic (exact) mass is 351 g/mol. The van der Waals surface area contributed by atoms with E-state index in [0.29, 0.717) is 12.2 Å². The van der Waals surface area contributed by atoms with Crippen LogP contribution in [-0.2, 0) is 11.3 Å². The quantitative estimate of drug-likeness (QED) is 0.924. The average molecular weight is 351 g/mol. The van der Waals surface area contributed by atoms with Gasteiger partial charge in [-0.25, -0.2) is 0 Å². The summed E-state index contributed by atoms with van der Waals surface area (Å²) in [6.45, 7) is 2.47. The van der Waals surface area contributed by atoms with Gasteiger partial charge in [-0.15, -0.1) is 0 Å². The molecule has 26 heavy (non-hydrogen) atoms. The second kappa shape index (κ2) is 5.60. The van der Waals surface area contributed by atoms with E-state index in [2.05, 4.69) is 5.32 Å².